The molecule has 0 aliphatic rings. The van der Waals surface area contributed by atoms with Crippen molar-refractivity contribution in [2.24, 2.45) is 0 Å². The molecular weight excluding hydrogens is 240 g/mol. The zero-order valence-electron chi connectivity index (χ0n) is 9.56. The third-order valence-corrected chi connectivity index (χ3v) is 3.31. The maximum absolute atomic E-state index is 11.6. The van der Waals surface area contributed by atoms with Crippen molar-refractivity contribution in [2.45, 2.75) is 32.6 Å². The second kappa shape index (κ2) is 6.30. The number of thiophene rings is 1. The van der Waals surface area contributed by atoms with Crippen molar-refractivity contribution in [3.63, 3.8) is 0 Å². The standard InChI is InChI=1S/C12H14O4S/c1-8-2-6-11(17-8)10(14)5-3-9(13)4-7-12(15)16/h2,6H,3-5,7H2,1H3,(H,15,16). The predicted molar refractivity (Wildman–Crippen MR) is 64.5 cm³/mol. The van der Waals surface area contributed by atoms with Crippen molar-refractivity contribution in [1.82, 2.24) is 0 Å². The Labute approximate surface area is 103 Å². The molecule has 5 heteroatoms. The average molecular weight is 254 g/mol. The van der Waals surface area contributed by atoms with E-state index in [-0.39, 0.29) is 37.2 Å². The Morgan fingerprint density at radius 2 is 1.76 bits per heavy atom. The smallest absolute Gasteiger partial charge is 0.303 e. The van der Waals surface area contributed by atoms with E-state index in [9.17, 15) is 14.4 Å². The summed E-state index contributed by atoms with van der Waals surface area (Å²) in [6.07, 6.45) is 0.138. The van der Waals surface area contributed by atoms with E-state index in [2.05, 4.69) is 0 Å². The van der Waals surface area contributed by atoms with E-state index in [1.54, 1.807) is 6.07 Å². The SMILES string of the molecule is Cc1ccc(C(=O)CCC(=O)CCC(=O)O)s1. The predicted octanol–water partition coefficient (Wildman–Crippen LogP) is 2.45. The van der Waals surface area contributed by atoms with Gasteiger partial charge in [-0.1, -0.05) is 0 Å². The van der Waals surface area contributed by atoms with Gasteiger partial charge in [0.05, 0.1) is 11.3 Å². The van der Waals surface area contributed by atoms with E-state index in [1.165, 1.54) is 11.3 Å². The number of carboxylic acid groups (broad SMARTS) is 1. The molecule has 0 saturated heterocycles. The van der Waals surface area contributed by atoms with Crippen molar-refractivity contribution < 1.29 is 19.5 Å². The van der Waals surface area contributed by atoms with Gasteiger partial charge in [-0.25, -0.2) is 0 Å². The molecular formula is C12H14O4S. The Hall–Kier alpha value is -1.49. The summed E-state index contributed by atoms with van der Waals surface area (Å²) in [4.78, 5) is 34.9. The number of aliphatic carboxylic acids is 1. The summed E-state index contributed by atoms with van der Waals surface area (Å²) in [5, 5.41) is 8.40. The van der Waals surface area contributed by atoms with Crippen molar-refractivity contribution in [1.29, 1.82) is 0 Å². The molecule has 0 spiro atoms. The molecule has 92 valence electrons. The zero-order chi connectivity index (χ0) is 12.8. The lowest BCUT2D eigenvalue weighted by atomic mass is 10.1. The molecule has 0 saturated carbocycles. The second-order valence-corrected chi connectivity index (χ2v) is 5.05. The highest BCUT2D eigenvalue weighted by Crippen LogP contribution is 2.17. The number of hydrogen-bond donors (Lipinski definition) is 1. The molecule has 0 aliphatic carbocycles. The van der Waals surface area contributed by atoms with Gasteiger partial charge < -0.3 is 5.11 Å². The minimum atomic E-state index is -0.987. The number of ketones is 2. The van der Waals surface area contributed by atoms with Crippen LogP contribution in [0.3, 0.4) is 0 Å². The molecule has 0 fully saturated rings. The second-order valence-electron chi connectivity index (χ2n) is 3.77. The third kappa shape index (κ3) is 4.91. The molecule has 0 unspecified atom stereocenters. The first-order valence-corrected chi connectivity index (χ1v) is 6.14. The van der Waals surface area contributed by atoms with Gasteiger partial charge in [-0.3, -0.25) is 14.4 Å². The average Bonchev–Trinajstić information content (AvgIpc) is 2.70. The summed E-state index contributed by atoms with van der Waals surface area (Å²) >= 11 is 1.41. The fourth-order valence-electron chi connectivity index (χ4n) is 1.33. The van der Waals surface area contributed by atoms with Gasteiger partial charge in [0.2, 0.25) is 0 Å². The minimum absolute atomic E-state index is 0.00603. The summed E-state index contributed by atoms with van der Waals surface area (Å²) in [5.74, 6) is -1.21. The Morgan fingerprint density at radius 3 is 2.29 bits per heavy atom. The van der Waals surface area contributed by atoms with E-state index in [4.69, 9.17) is 5.11 Å². The lowest BCUT2D eigenvalue weighted by Crippen LogP contribution is -2.06. The Balaban J connectivity index is 2.33. The van der Waals surface area contributed by atoms with Crippen LogP contribution in [0.2, 0.25) is 0 Å². The molecule has 1 aromatic rings. The number of aryl methyl sites for hydroxylation is 1. The first kappa shape index (κ1) is 13.6. The van der Waals surface area contributed by atoms with E-state index in [0.717, 1.165) is 4.88 Å². The fraction of sp³-hybridized carbons (Fsp3) is 0.417. The molecule has 0 amide bonds. The van der Waals surface area contributed by atoms with Crippen LogP contribution in [0.25, 0.3) is 0 Å². The highest BCUT2D eigenvalue weighted by Gasteiger charge is 2.11. The molecule has 1 rings (SSSR count). The lowest BCUT2D eigenvalue weighted by molar-refractivity contribution is -0.138. The quantitative estimate of drug-likeness (QED) is 0.759. The summed E-state index contributed by atoms with van der Waals surface area (Å²) < 4.78 is 0. The third-order valence-electron chi connectivity index (χ3n) is 2.26. The number of carboxylic acids is 1. The van der Waals surface area contributed by atoms with Crippen molar-refractivity contribution in [2.75, 3.05) is 0 Å². The van der Waals surface area contributed by atoms with Gasteiger partial charge in [0.15, 0.2) is 5.78 Å². The van der Waals surface area contributed by atoms with Gasteiger partial charge in [0.25, 0.3) is 0 Å². The number of carbonyl (C=O) groups is 3. The monoisotopic (exact) mass is 254 g/mol. The highest BCUT2D eigenvalue weighted by atomic mass is 32.1. The van der Waals surface area contributed by atoms with Crippen molar-refractivity contribution in [3.05, 3.63) is 21.9 Å². The molecule has 0 bridgehead atoms. The maximum atomic E-state index is 11.6. The van der Waals surface area contributed by atoms with Gasteiger partial charge >= 0.3 is 5.97 Å². The Morgan fingerprint density at radius 1 is 1.12 bits per heavy atom. The Kier molecular flexibility index (Phi) is 5.03. The molecule has 1 heterocycles. The van der Waals surface area contributed by atoms with Crippen LogP contribution < -0.4 is 0 Å². The molecule has 1 aromatic heterocycles. The number of Topliss-reactive ketones (excluding diaryl/α,β-unsaturated/α-hetero) is 2. The summed E-state index contributed by atoms with van der Waals surface area (Å²) in [6.45, 7) is 1.92. The maximum Gasteiger partial charge on any atom is 0.303 e. The number of hydrogen-bond acceptors (Lipinski definition) is 4. The van der Waals surface area contributed by atoms with E-state index < -0.39 is 5.97 Å². The fourth-order valence-corrected chi connectivity index (χ4v) is 2.17. The molecule has 4 nitrogen and oxygen atoms in total. The molecule has 0 aliphatic heterocycles. The molecule has 0 atom stereocenters. The number of rotatable bonds is 7. The van der Waals surface area contributed by atoms with Gasteiger partial charge in [0, 0.05) is 24.1 Å². The topological polar surface area (TPSA) is 71.4 Å². The van der Waals surface area contributed by atoms with Crippen LogP contribution in [0.1, 0.15) is 40.2 Å². The van der Waals surface area contributed by atoms with E-state index in [0.29, 0.717) is 4.88 Å². The summed E-state index contributed by atoms with van der Waals surface area (Å²) in [6, 6.07) is 3.62. The van der Waals surface area contributed by atoms with Crippen LogP contribution in [-0.2, 0) is 9.59 Å². The highest BCUT2D eigenvalue weighted by molar-refractivity contribution is 7.14. The van der Waals surface area contributed by atoms with Gasteiger partial charge in [0.1, 0.15) is 5.78 Å². The van der Waals surface area contributed by atoms with E-state index in [1.807, 2.05) is 13.0 Å². The molecule has 17 heavy (non-hydrogen) atoms. The normalized spacial score (nSPS) is 10.2. The van der Waals surface area contributed by atoms with Crippen molar-refractivity contribution >= 4 is 28.9 Å². The van der Waals surface area contributed by atoms with Gasteiger partial charge in [-0.2, -0.15) is 0 Å². The summed E-state index contributed by atoms with van der Waals surface area (Å²) in [7, 11) is 0. The largest absolute Gasteiger partial charge is 0.481 e. The van der Waals surface area contributed by atoms with Crippen LogP contribution in [-0.4, -0.2) is 22.6 Å². The minimum Gasteiger partial charge on any atom is -0.481 e. The zero-order valence-corrected chi connectivity index (χ0v) is 10.4. The number of carbonyl (C=O) groups excluding carboxylic acids is 2. The Bertz CT molecular complexity index is 433. The van der Waals surface area contributed by atoms with Crippen LogP contribution in [0.5, 0.6) is 0 Å². The first-order valence-electron chi connectivity index (χ1n) is 5.32. The van der Waals surface area contributed by atoms with Crippen LogP contribution in [0, 0.1) is 6.92 Å². The molecule has 1 N–H and O–H groups in total. The molecule has 0 aromatic carbocycles. The van der Waals surface area contributed by atoms with Crippen LogP contribution >= 0.6 is 11.3 Å². The van der Waals surface area contributed by atoms with Gasteiger partial charge in [-0.05, 0) is 19.1 Å². The van der Waals surface area contributed by atoms with Crippen LogP contribution in [0.15, 0.2) is 12.1 Å². The van der Waals surface area contributed by atoms with Crippen molar-refractivity contribution in [3.8, 4) is 0 Å². The van der Waals surface area contributed by atoms with E-state index >= 15 is 0 Å². The van der Waals surface area contributed by atoms with Crippen LogP contribution in [0.4, 0.5) is 0 Å². The molecule has 0 radical (unpaired) electrons. The lowest BCUT2D eigenvalue weighted by Gasteiger charge is -1.98. The first-order chi connectivity index (χ1) is 7.99. The van der Waals surface area contributed by atoms with Gasteiger partial charge in [-0.15, -0.1) is 11.3 Å². The summed E-state index contributed by atoms with van der Waals surface area (Å²) in [5.41, 5.74) is 0.